The molecule has 242 valence electrons. The van der Waals surface area contributed by atoms with E-state index in [2.05, 4.69) is 167 Å². The van der Waals surface area contributed by atoms with Crippen molar-refractivity contribution >= 4 is 43.6 Å². The average molecular weight is 663 g/mol. The smallest absolute Gasteiger partial charge is 0.0991 e. The average Bonchev–Trinajstić information content (AvgIpc) is 3.74. The minimum absolute atomic E-state index is 0.628. The summed E-state index contributed by atoms with van der Waals surface area (Å²) in [4.78, 5) is 5.23. The molecule has 3 aromatic heterocycles. The second-order valence-corrected chi connectivity index (χ2v) is 13.1. The van der Waals surface area contributed by atoms with Gasteiger partial charge in [-0.2, -0.15) is 5.26 Å². The highest BCUT2D eigenvalue weighted by Gasteiger charge is 2.21. The summed E-state index contributed by atoms with van der Waals surface area (Å²) in [5.74, 6) is 0. The number of aromatic nitrogens is 3. The SMILES string of the molecule is N#Cc1ccc(-c2cc(-c3ccccc3)cc(-c3cccc(-n4c5ccccc5c5ccc6c(c7ccccc7n6-c6ccccc6)c54)c3)n2)cc1. The summed E-state index contributed by atoms with van der Waals surface area (Å²) in [6.07, 6.45) is 0. The standard InChI is InChI=1S/C48H30N4/c49-31-32-22-24-34(25-23-32)42-29-36(33-12-3-1-4-13-33)30-43(50-42)35-14-11-17-38(28-35)52-44-20-9-7-18-39(44)40-26-27-46-47(48(40)52)41-19-8-10-21-45(41)51(46)37-15-5-2-6-16-37/h1-30H. The molecule has 0 atom stereocenters. The number of rotatable bonds is 5. The lowest BCUT2D eigenvalue weighted by molar-refractivity contribution is 1.17. The fourth-order valence-corrected chi connectivity index (χ4v) is 7.78. The highest BCUT2D eigenvalue weighted by Crippen LogP contribution is 2.42. The van der Waals surface area contributed by atoms with Crippen molar-refractivity contribution in [1.82, 2.24) is 14.1 Å². The lowest BCUT2D eigenvalue weighted by Gasteiger charge is -2.13. The van der Waals surface area contributed by atoms with Crippen LogP contribution in [0.1, 0.15) is 5.56 Å². The van der Waals surface area contributed by atoms with Gasteiger partial charge in [-0.3, -0.25) is 0 Å². The maximum absolute atomic E-state index is 9.42. The largest absolute Gasteiger partial charge is 0.309 e. The summed E-state index contributed by atoms with van der Waals surface area (Å²) in [5, 5.41) is 14.3. The van der Waals surface area contributed by atoms with Crippen LogP contribution in [0.15, 0.2) is 182 Å². The van der Waals surface area contributed by atoms with Crippen molar-refractivity contribution in [3.8, 4) is 51.1 Å². The summed E-state index contributed by atoms with van der Waals surface area (Å²) < 4.78 is 4.81. The number of nitriles is 1. The molecular formula is C48H30N4. The van der Waals surface area contributed by atoms with Gasteiger partial charge in [-0.05, 0) is 77.9 Å². The summed E-state index contributed by atoms with van der Waals surface area (Å²) in [7, 11) is 0. The zero-order valence-electron chi connectivity index (χ0n) is 28.1. The topological polar surface area (TPSA) is 46.5 Å². The van der Waals surface area contributed by atoms with Crippen LogP contribution in [0.25, 0.3) is 88.6 Å². The highest BCUT2D eigenvalue weighted by atomic mass is 15.0. The molecule has 0 aliphatic carbocycles. The molecule has 4 heteroatoms. The van der Waals surface area contributed by atoms with Gasteiger partial charge in [0.15, 0.2) is 0 Å². The Morgan fingerprint density at radius 1 is 0.404 bits per heavy atom. The van der Waals surface area contributed by atoms with Gasteiger partial charge in [-0.1, -0.05) is 115 Å². The monoisotopic (exact) mass is 662 g/mol. The molecule has 0 radical (unpaired) electrons. The molecule has 0 saturated carbocycles. The van der Waals surface area contributed by atoms with Crippen molar-refractivity contribution in [2.75, 3.05) is 0 Å². The van der Waals surface area contributed by atoms with Gasteiger partial charge in [0.05, 0.1) is 45.1 Å². The number of hydrogen-bond acceptors (Lipinski definition) is 2. The number of hydrogen-bond donors (Lipinski definition) is 0. The molecule has 0 fully saturated rings. The fraction of sp³-hybridized carbons (Fsp3) is 0. The molecule has 0 bridgehead atoms. The van der Waals surface area contributed by atoms with Gasteiger partial charge in [-0.15, -0.1) is 0 Å². The van der Waals surface area contributed by atoms with Gasteiger partial charge in [0, 0.05) is 44.0 Å². The second kappa shape index (κ2) is 12.0. The number of benzene rings is 7. The molecule has 0 N–H and O–H groups in total. The Balaban J connectivity index is 1.24. The van der Waals surface area contributed by atoms with Gasteiger partial charge in [0.2, 0.25) is 0 Å². The van der Waals surface area contributed by atoms with E-state index in [4.69, 9.17) is 4.98 Å². The Morgan fingerprint density at radius 2 is 1.02 bits per heavy atom. The third kappa shape index (κ3) is 4.72. The molecule has 0 saturated heterocycles. The van der Waals surface area contributed by atoms with Crippen LogP contribution in [-0.2, 0) is 0 Å². The summed E-state index contributed by atoms with van der Waals surface area (Å²) >= 11 is 0. The second-order valence-electron chi connectivity index (χ2n) is 13.1. The van der Waals surface area contributed by atoms with Crippen molar-refractivity contribution in [2.24, 2.45) is 0 Å². The minimum atomic E-state index is 0.628. The van der Waals surface area contributed by atoms with Crippen LogP contribution in [0.4, 0.5) is 0 Å². The van der Waals surface area contributed by atoms with Crippen molar-refractivity contribution in [3.63, 3.8) is 0 Å². The molecular weight excluding hydrogens is 633 g/mol. The minimum Gasteiger partial charge on any atom is -0.309 e. The Labute approximate surface area is 300 Å². The van der Waals surface area contributed by atoms with Crippen LogP contribution in [-0.4, -0.2) is 14.1 Å². The predicted octanol–water partition coefficient (Wildman–Crippen LogP) is 12.1. The van der Waals surface area contributed by atoms with E-state index < -0.39 is 0 Å². The molecule has 10 aromatic rings. The first-order valence-electron chi connectivity index (χ1n) is 17.4. The number of fused-ring (bicyclic) bond motifs is 7. The maximum atomic E-state index is 9.42. The van der Waals surface area contributed by atoms with Crippen molar-refractivity contribution in [1.29, 1.82) is 5.26 Å². The number of nitrogens with zero attached hydrogens (tertiary/aromatic N) is 4. The van der Waals surface area contributed by atoms with Crippen LogP contribution < -0.4 is 0 Å². The van der Waals surface area contributed by atoms with Crippen LogP contribution in [0.2, 0.25) is 0 Å². The van der Waals surface area contributed by atoms with Gasteiger partial charge < -0.3 is 9.13 Å². The van der Waals surface area contributed by atoms with Crippen molar-refractivity contribution in [2.45, 2.75) is 0 Å². The lowest BCUT2D eigenvalue weighted by Crippen LogP contribution is -1.97. The zero-order valence-corrected chi connectivity index (χ0v) is 28.1. The van der Waals surface area contributed by atoms with E-state index in [1.807, 2.05) is 30.3 Å². The number of pyridine rings is 1. The van der Waals surface area contributed by atoms with Crippen LogP contribution >= 0.6 is 0 Å². The Hall–Kier alpha value is -7.22. The van der Waals surface area contributed by atoms with Crippen LogP contribution in [0.3, 0.4) is 0 Å². The highest BCUT2D eigenvalue weighted by molar-refractivity contribution is 6.26. The molecule has 10 rings (SSSR count). The molecule has 0 aliphatic rings. The van der Waals surface area contributed by atoms with Gasteiger partial charge >= 0.3 is 0 Å². The summed E-state index contributed by atoms with van der Waals surface area (Å²) in [5.41, 5.74) is 13.5. The van der Waals surface area contributed by atoms with Gasteiger partial charge in [0.25, 0.3) is 0 Å². The Bertz CT molecular complexity index is 3000. The molecule has 7 aromatic carbocycles. The third-order valence-corrected chi connectivity index (χ3v) is 10.1. The van der Waals surface area contributed by atoms with Crippen molar-refractivity contribution < 1.29 is 0 Å². The molecule has 4 nitrogen and oxygen atoms in total. The molecule has 52 heavy (non-hydrogen) atoms. The quantitative estimate of drug-likeness (QED) is 0.184. The van der Waals surface area contributed by atoms with Gasteiger partial charge in [-0.25, -0.2) is 4.98 Å². The van der Waals surface area contributed by atoms with Crippen LogP contribution in [0, 0.1) is 11.3 Å². The molecule has 0 spiro atoms. The summed E-state index contributed by atoms with van der Waals surface area (Å²) in [6.45, 7) is 0. The van der Waals surface area contributed by atoms with E-state index in [0.29, 0.717) is 5.56 Å². The Kier molecular flexibility index (Phi) is 6.84. The normalized spacial score (nSPS) is 11.4. The van der Waals surface area contributed by atoms with E-state index in [1.165, 1.54) is 38.1 Å². The van der Waals surface area contributed by atoms with E-state index in [0.717, 1.165) is 50.5 Å². The molecule has 0 unspecified atom stereocenters. The maximum Gasteiger partial charge on any atom is 0.0991 e. The van der Waals surface area contributed by atoms with E-state index in [-0.39, 0.29) is 0 Å². The molecule has 0 aliphatic heterocycles. The van der Waals surface area contributed by atoms with E-state index in [1.54, 1.807) is 0 Å². The fourth-order valence-electron chi connectivity index (χ4n) is 7.78. The Morgan fingerprint density at radius 3 is 1.77 bits per heavy atom. The third-order valence-electron chi connectivity index (χ3n) is 10.1. The zero-order chi connectivity index (χ0) is 34.6. The molecule has 3 heterocycles. The van der Waals surface area contributed by atoms with Crippen molar-refractivity contribution in [3.05, 3.63) is 188 Å². The van der Waals surface area contributed by atoms with Crippen LogP contribution in [0.5, 0.6) is 0 Å². The first-order chi connectivity index (χ1) is 25.7. The first kappa shape index (κ1) is 29.7. The predicted molar refractivity (Wildman–Crippen MR) is 214 cm³/mol. The van der Waals surface area contributed by atoms with E-state index in [9.17, 15) is 5.26 Å². The van der Waals surface area contributed by atoms with E-state index >= 15 is 0 Å². The van der Waals surface area contributed by atoms with Gasteiger partial charge in [0.1, 0.15) is 0 Å². The lowest BCUT2D eigenvalue weighted by atomic mass is 9.99. The number of para-hydroxylation sites is 3. The summed E-state index contributed by atoms with van der Waals surface area (Å²) in [6, 6.07) is 66.0. The first-order valence-corrected chi connectivity index (χ1v) is 17.4. The molecule has 0 amide bonds.